The van der Waals surface area contributed by atoms with Crippen molar-refractivity contribution in [3.05, 3.63) is 249 Å². The lowest BCUT2D eigenvalue weighted by atomic mass is 10.1. The molecule has 4 aliphatic heterocycles. The van der Waals surface area contributed by atoms with Crippen LogP contribution in [0.1, 0.15) is 49.6 Å². The molecule has 34 nitrogen and oxygen atoms in total. The van der Waals surface area contributed by atoms with Gasteiger partial charge in [0.15, 0.2) is 0 Å². The molecule has 674 valence electrons. The number of fused-ring (bicyclic) bond motifs is 8. The number of hydrogen-bond acceptors (Lipinski definition) is 27. The minimum Gasteiger partial charge on any atom is -0.388 e. The number of nitrogens with one attached hydrogen (secondary N) is 6. The van der Waals surface area contributed by atoms with Crippen LogP contribution in [-0.4, -0.2) is 251 Å². The number of ether oxygens (including phenoxy) is 1. The molecule has 2 saturated heterocycles. The number of morpholine rings is 1. The second-order valence-electron chi connectivity index (χ2n) is 32.7. The van der Waals surface area contributed by atoms with Gasteiger partial charge in [0.25, 0.3) is 38.9 Å². The van der Waals surface area contributed by atoms with Gasteiger partial charge in [-0.05, 0) is 188 Å². The third-order valence-corrected chi connectivity index (χ3v) is 22.5. The summed E-state index contributed by atoms with van der Waals surface area (Å²) in [4.78, 5) is 129. The minimum absolute atomic E-state index is 0.000123. The van der Waals surface area contributed by atoms with Gasteiger partial charge in [0, 0.05) is 188 Å². The third-order valence-electron chi connectivity index (χ3n) is 22.5. The molecule has 0 spiro atoms. The van der Waals surface area contributed by atoms with Crippen molar-refractivity contribution in [2.45, 2.75) is 45.4 Å². The van der Waals surface area contributed by atoms with Gasteiger partial charge in [-0.2, -0.15) is 0 Å². The Morgan fingerprint density at radius 1 is 0.406 bits per heavy atom. The van der Waals surface area contributed by atoms with Crippen LogP contribution in [0.25, 0.3) is 76.3 Å². The average Bonchev–Trinajstić information content (AvgIpc) is 1.64. The molecule has 14 aromatic rings. The summed E-state index contributed by atoms with van der Waals surface area (Å²) in [6, 6.07) is 38.0. The van der Waals surface area contributed by atoms with Crippen LogP contribution < -0.4 is 70.8 Å². The van der Waals surface area contributed by atoms with E-state index in [4.69, 9.17) is 4.74 Å². The molecular formula is C94H120N26O8. The highest BCUT2D eigenvalue weighted by Gasteiger charge is 2.19. The number of amidine groups is 1. The second-order valence-corrected chi connectivity index (χ2v) is 32.7. The lowest BCUT2D eigenvalue weighted by Crippen LogP contribution is -2.39. The molecule has 6 N–H and O–H groups in total. The molecule has 128 heavy (non-hydrogen) atoms. The predicted octanol–water partition coefficient (Wildman–Crippen LogP) is 7.78. The Balaban J connectivity index is 0.000000136. The van der Waals surface area contributed by atoms with Crippen LogP contribution in [0, 0.1) is 0 Å². The highest BCUT2D eigenvalue weighted by atomic mass is 16.5. The van der Waals surface area contributed by atoms with Crippen molar-refractivity contribution in [1.82, 2.24) is 91.4 Å². The van der Waals surface area contributed by atoms with Crippen LogP contribution in [0.2, 0.25) is 0 Å². The lowest BCUT2D eigenvalue weighted by Gasteiger charge is -2.26. The van der Waals surface area contributed by atoms with Gasteiger partial charge < -0.3 is 83.6 Å². The number of aliphatic imine (C=N–C) groups is 1. The molecule has 2 fully saturated rings. The number of nitrogens with zero attached hydrogens (tertiary/aromatic N) is 20. The fraction of sp³-hybridized carbons (Fsp3) is 0.394. The topological polar surface area (TPSA) is 354 Å². The predicted molar refractivity (Wildman–Crippen MR) is 517 cm³/mol. The molecule has 0 radical (unpaired) electrons. The Labute approximate surface area is 742 Å². The Hall–Kier alpha value is -13.4. The van der Waals surface area contributed by atoms with Gasteiger partial charge >= 0.3 is 0 Å². The number of likely N-dealkylation sites (N-methyl/N-ethyl adjacent to an activating group) is 3. The Morgan fingerprint density at radius 2 is 0.797 bits per heavy atom. The van der Waals surface area contributed by atoms with E-state index in [1.54, 1.807) is 91.9 Å². The first-order valence-electron chi connectivity index (χ1n) is 43.4. The molecule has 34 heteroatoms. The molecule has 0 bridgehead atoms. The van der Waals surface area contributed by atoms with E-state index in [1.165, 1.54) is 65.3 Å². The number of piperidine rings is 1. The number of rotatable bonds is 20. The quantitative estimate of drug-likeness (QED) is 0.0424. The zero-order valence-corrected chi connectivity index (χ0v) is 76.0. The molecule has 18 rings (SSSR count). The average molecular weight is 1740 g/mol. The Kier molecular flexibility index (Phi) is 32.7. The molecule has 0 amide bonds. The molecule has 0 unspecified atom stereocenters. The van der Waals surface area contributed by atoms with Crippen molar-refractivity contribution < 1.29 is 4.74 Å². The number of benzene rings is 7. The molecule has 0 saturated carbocycles. The van der Waals surface area contributed by atoms with Crippen LogP contribution >= 0.6 is 0 Å². The van der Waals surface area contributed by atoms with E-state index in [0.29, 0.717) is 37.7 Å². The molecular weight excluding hydrogens is 1620 g/mol. The smallest absolute Gasteiger partial charge is 0.261 e. The first kappa shape index (κ1) is 93.7. The monoisotopic (exact) mass is 1740 g/mol. The summed E-state index contributed by atoms with van der Waals surface area (Å²) in [5.74, 6) is 1.79. The summed E-state index contributed by atoms with van der Waals surface area (Å²) in [6.45, 7) is 18.4. The normalized spacial score (nSPS) is 13.7. The van der Waals surface area contributed by atoms with Crippen LogP contribution in [-0.2, 0) is 66.9 Å². The van der Waals surface area contributed by atoms with Crippen molar-refractivity contribution in [2.75, 3.05) is 186 Å². The largest absolute Gasteiger partial charge is 0.388 e. The van der Waals surface area contributed by atoms with Gasteiger partial charge in [0.1, 0.15) is 11.7 Å². The van der Waals surface area contributed by atoms with Gasteiger partial charge in [0.2, 0.25) is 0 Å². The first-order valence-corrected chi connectivity index (χ1v) is 43.4. The zero-order chi connectivity index (χ0) is 91.1. The number of likely N-dealkylation sites (tertiary alicyclic amines) is 1. The standard InChI is InChI=1S/C16H22N4O.C15H20N4O2.C14H20N4O.C13H14N4O.C13H18N4O.C12H15N3O.C11H11N3O/c1-19-12-18-15-11-13(5-6-14(15)16(19)21)17-7-10-20-8-3-2-4-9-20;1-18-11-17-14-10-12(2-3-13(14)15(18)20)16-4-5-19-6-8-21-9-7-19;1-15-10-5-6-11-12(9-10)16-13(7-8-17(2)3)18(4)14(11)19;1-16-6-5-14-12(16)9-3-4-10-11(7-9)15-8-17(2)13(10)18;1-16(2)7-6-14-10-4-5-11-12(8-10)15-9-17(3)13(11)18;1-3-6-13-9-4-5-10-11(7-9)14-8-15(2)12(10)16;1-14-6-13-10-5-9-7(2-3-12-9)4-8(10)11(14)15/h5-6,11-12,17H,2-4,7-10H2,1H3;2-3,10-11,16H,4-9H2,1H3;5-6,9,15H,7-8H2,1-4H3;3-4,7-8H,5-6H2,1-2H3;4-5,8-9,14H,6-7H2,1-3H3;4-5,7-8,13H,3,6H2,1-2H3;4-6,12H,2-3H2,1H3. The number of aromatic nitrogens is 14. The SMILES string of the molecule is CCCNc1ccc2c(=O)n(C)cnc2c1.CN(C)CCNc1ccc2c(=O)n(C)cnc2c1.CN1CCN=C1c1ccc2c(=O)n(C)cnc2c1.CNc1ccc2c(=O)n(C)c(CCN(C)C)nc2c1.Cn1cnc2cc(NCCN3CCCCC3)ccc2c1=O.Cn1cnc2cc(NCCN3CCOCC3)ccc2c1=O.Cn1cnc2cc3c(cc2c1=O)CCN3. The summed E-state index contributed by atoms with van der Waals surface area (Å²) in [5, 5.41) is 24.4. The zero-order valence-electron chi connectivity index (χ0n) is 76.0. The van der Waals surface area contributed by atoms with Crippen LogP contribution in [0.15, 0.2) is 198 Å². The minimum atomic E-state index is -0.0201. The number of aryl methyl sites for hydroxylation is 6. The second kappa shape index (κ2) is 44.6. The van der Waals surface area contributed by atoms with Crippen LogP contribution in [0.5, 0.6) is 0 Å². The van der Waals surface area contributed by atoms with E-state index < -0.39 is 0 Å². The van der Waals surface area contributed by atoms with Crippen molar-refractivity contribution in [3.8, 4) is 0 Å². The van der Waals surface area contributed by atoms with Gasteiger partial charge in [-0.3, -0.25) is 48.0 Å². The highest BCUT2D eigenvalue weighted by Crippen LogP contribution is 2.26. The van der Waals surface area contributed by atoms with Crippen molar-refractivity contribution >= 4 is 116 Å². The summed E-state index contributed by atoms with van der Waals surface area (Å²) in [5.41, 5.74) is 13.5. The molecule has 4 aliphatic rings. The molecule has 11 heterocycles. The van der Waals surface area contributed by atoms with E-state index in [1.807, 2.05) is 164 Å². The summed E-state index contributed by atoms with van der Waals surface area (Å²) >= 11 is 0. The van der Waals surface area contributed by atoms with E-state index in [-0.39, 0.29) is 38.9 Å². The summed E-state index contributed by atoms with van der Waals surface area (Å²) < 4.78 is 15.9. The maximum absolute atomic E-state index is 12.3. The lowest BCUT2D eigenvalue weighted by molar-refractivity contribution is 0.0398. The molecule has 7 aromatic carbocycles. The first-order chi connectivity index (χ1) is 61.7. The maximum atomic E-state index is 12.3. The Bertz CT molecular complexity index is 6580. The molecule has 0 aliphatic carbocycles. The van der Waals surface area contributed by atoms with Gasteiger partial charge in [0.05, 0.1) is 134 Å². The summed E-state index contributed by atoms with van der Waals surface area (Å²) in [7, 11) is 24.0. The number of anilines is 6. The van der Waals surface area contributed by atoms with E-state index >= 15 is 0 Å². The van der Waals surface area contributed by atoms with Crippen molar-refractivity contribution in [2.24, 2.45) is 54.3 Å². The maximum Gasteiger partial charge on any atom is 0.261 e. The van der Waals surface area contributed by atoms with Gasteiger partial charge in [-0.1, -0.05) is 19.4 Å². The fourth-order valence-electron chi connectivity index (χ4n) is 14.9. The molecule has 7 aromatic heterocycles. The van der Waals surface area contributed by atoms with Gasteiger partial charge in [-0.25, -0.2) is 34.9 Å². The van der Waals surface area contributed by atoms with Crippen LogP contribution in [0.4, 0.5) is 34.1 Å². The van der Waals surface area contributed by atoms with E-state index in [0.717, 1.165) is 208 Å². The van der Waals surface area contributed by atoms with E-state index in [9.17, 15) is 33.6 Å². The van der Waals surface area contributed by atoms with Crippen molar-refractivity contribution in [1.29, 1.82) is 0 Å². The Morgan fingerprint density at radius 3 is 1.23 bits per heavy atom. The molecule has 0 atom stereocenters. The van der Waals surface area contributed by atoms with Gasteiger partial charge in [-0.15, -0.1) is 0 Å². The van der Waals surface area contributed by atoms with E-state index in [2.05, 4.69) is 103 Å². The van der Waals surface area contributed by atoms with Crippen LogP contribution in [0.3, 0.4) is 0 Å². The van der Waals surface area contributed by atoms with Crippen molar-refractivity contribution in [3.63, 3.8) is 0 Å². The highest BCUT2D eigenvalue weighted by molar-refractivity contribution is 6.02. The number of hydrogen-bond donors (Lipinski definition) is 6. The summed E-state index contributed by atoms with van der Waals surface area (Å²) in [6.07, 6.45) is 16.2. The fourth-order valence-corrected chi connectivity index (χ4v) is 14.9. The third kappa shape index (κ3) is 24.4.